The van der Waals surface area contributed by atoms with Crippen molar-refractivity contribution in [3.8, 4) is 0 Å². The van der Waals surface area contributed by atoms with Crippen molar-refractivity contribution in [1.82, 2.24) is 0 Å². The van der Waals surface area contributed by atoms with Gasteiger partial charge in [0.05, 0.1) is 5.92 Å². The van der Waals surface area contributed by atoms with Crippen LogP contribution >= 0.6 is 0 Å². The lowest BCUT2D eigenvalue weighted by Gasteiger charge is -2.36. The topological polar surface area (TPSA) is 37.3 Å². The van der Waals surface area contributed by atoms with Crippen LogP contribution in [0.5, 0.6) is 0 Å². The van der Waals surface area contributed by atoms with Crippen molar-refractivity contribution in [2.75, 3.05) is 0 Å². The summed E-state index contributed by atoms with van der Waals surface area (Å²) < 4.78 is 13.3. The molecule has 3 unspecified atom stereocenters. The van der Waals surface area contributed by atoms with Crippen molar-refractivity contribution in [3.05, 3.63) is 35.1 Å². The van der Waals surface area contributed by atoms with E-state index >= 15 is 0 Å². The average Bonchev–Trinajstić information content (AvgIpc) is 2.37. The monoisotopic (exact) mass is 278 g/mol. The molecule has 1 saturated carbocycles. The molecule has 1 fully saturated rings. The molecule has 1 aliphatic rings. The molecule has 2 nitrogen and oxygen atoms in total. The van der Waals surface area contributed by atoms with Crippen molar-refractivity contribution in [2.24, 2.45) is 17.8 Å². The smallest absolute Gasteiger partial charge is 0.307 e. The SMILES string of the molecule is Cc1cc(F)ccc1C1CC(C(C)C)CCC1C(=O)O. The van der Waals surface area contributed by atoms with Gasteiger partial charge in [0.15, 0.2) is 0 Å². The fourth-order valence-electron chi connectivity index (χ4n) is 3.50. The van der Waals surface area contributed by atoms with E-state index in [1.165, 1.54) is 12.1 Å². The van der Waals surface area contributed by atoms with Crippen molar-refractivity contribution in [2.45, 2.75) is 46.0 Å². The largest absolute Gasteiger partial charge is 0.481 e. The summed E-state index contributed by atoms with van der Waals surface area (Å²) in [5.74, 6) is -0.188. The maximum atomic E-state index is 13.3. The number of aliphatic carboxylic acids is 1. The minimum atomic E-state index is -0.721. The van der Waals surface area contributed by atoms with E-state index in [0.29, 0.717) is 11.8 Å². The Morgan fingerprint density at radius 2 is 2.05 bits per heavy atom. The molecule has 0 radical (unpaired) electrons. The van der Waals surface area contributed by atoms with E-state index in [2.05, 4.69) is 13.8 Å². The highest BCUT2D eigenvalue weighted by Gasteiger charge is 2.37. The van der Waals surface area contributed by atoms with Crippen LogP contribution in [-0.2, 0) is 4.79 Å². The lowest BCUT2D eigenvalue weighted by molar-refractivity contribution is -0.144. The van der Waals surface area contributed by atoms with Crippen LogP contribution in [0.3, 0.4) is 0 Å². The van der Waals surface area contributed by atoms with Crippen LogP contribution in [-0.4, -0.2) is 11.1 Å². The maximum absolute atomic E-state index is 13.3. The predicted molar refractivity (Wildman–Crippen MR) is 77.2 cm³/mol. The zero-order valence-electron chi connectivity index (χ0n) is 12.4. The van der Waals surface area contributed by atoms with Crippen LogP contribution in [0.4, 0.5) is 4.39 Å². The number of hydrogen-bond donors (Lipinski definition) is 1. The van der Waals surface area contributed by atoms with E-state index in [1.807, 2.05) is 6.92 Å². The molecule has 0 heterocycles. The molecule has 1 aliphatic carbocycles. The Bertz CT molecular complexity index is 496. The molecule has 20 heavy (non-hydrogen) atoms. The third-order valence-electron chi connectivity index (χ3n) is 4.78. The zero-order chi connectivity index (χ0) is 14.9. The van der Waals surface area contributed by atoms with Gasteiger partial charge < -0.3 is 5.11 Å². The van der Waals surface area contributed by atoms with Gasteiger partial charge in [0, 0.05) is 0 Å². The van der Waals surface area contributed by atoms with Crippen LogP contribution in [0.2, 0.25) is 0 Å². The summed E-state index contributed by atoms with van der Waals surface area (Å²) in [4.78, 5) is 11.5. The van der Waals surface area contributed by atoms with Crippen LogP contribution in [0.1, 0.15) is 50.2 Å². The predicted octanol–water partition coefficient (Wildman–Crippen LogP) is 4.37. The summed E-state index contributed by atoms with van der Waals surface area (Å²) in [7, 11) is 0. The number of carboxylic acid groups (broad SMARTS) is 1. The average molecular weight is 278 g/mol. The van der Waals surface area contributed by atoms with Crippen molar-refractivity contribution < 1.29 is 14.3 Å². The third kappa shape index (κ3) is 3.02. The molecule has 0 aliphatic heterocycles. The van der Waals surface area contributed by atoms with Gasteiger partial charge in [-0.3, -0.25) is 4.79 Å². The first-order valence-electron chi connectivity index (χ1n) is 7.39. The molecule has 0 bridgehead atoms. The molecule has 0 spiro atoms. The van der Waals surface area contributed by atoms with Gasteiger partial charge in [-0.1, -0.05) is 19.9 Å². The lowest BCUT2D eigenvalue weighted by Crippen LogP contribution is -2.31. The number of hydrogen-bond acceptors (Lipinski definition) is 1. The van der Waals surface area contributed by atoms with Crippen LogP contribution in [0, 0.1) is 30.5 Å². The molecule has 1 N–H and O–H groups in total. The van der Waals surface area contributed by atoms with Crippen molar-refractivity contribution >= 4 is 5.97 Å². The molecular formula is C17H23FO2. The number of benzene rings is 1. The molecule has 0 saturated heterocycles. The number of aryl methyl sites for hydroxylation is 1. The van der Waals surface area contributed by atoms with Crippen molar-refractivity contribution in [3.63, 3.8) is 0 Å². The first-order chi connectivity index (χ1) is 9.40. The molecular weight excluding hydrogens is 255 g/mol. The molecule has 2 rings (SSSR count). The summed E-state index contributed by atoms with van der Waals surface area (Å²) in [6, 6.07) is 4.72. The molecule has 110 valence electrons. The van der Waals surface area contributed by atoms with Gasteiger partial charge in [-0.15, -0.1) is 0 Å². The van der Waals surface area contributed by atoms with Gasteiger partial charge in [-0.05, 0) is 67.2 Å². The standard InChI is InChI=1S/C17H23FO2/c1-10(2)12-4-6-15(17(19)20)16(9-12)14-7-5-13(18)8-11(14)3/h5,7-8,10,12,15-16H,4,6,9H2,1-3H3,(H,19,20). The number of carboxylic acids is 1. The Balaban J connectivity index is 2.33. The summed E-state index contributed by atoms with van der Waals surface area (Å²) in [6.45, 7) is 6.26. The van der Waals surface area contributed by atoms with Crippen LogP contribution in [0.15, 0.2) is 18.2 Å². The van der Waals surface area contributed by atoms with Crippen molar-refractivity contribution in [1.29, 1.82) is 0 Å². The van der Waals surface area contributed by atoms with Gasteiger partial charge in [0.25, 0.3) is 0 Å². The van der Waals surface area contributed by atoms with E-state index in [-0.39, 0.29) is 17.7 Å². The van der Waals surface area contributed by atoms with E-state index in [0.717, 1.165) is 30.4 Å². The minimum Gasteiger partial charge on any atom is -0.481 e. The summed E-state index contributed by atoms with van der Waals surface area (Å²) in [5, 5.41) is 9.47. The van der Waals surface area contributed by atoms with Gasteiger partial charge in [-0.25, -0.2) is 4.39 Å². The minimum absolute atomic E-state index is 0.00856. The fraction of sp³-hybridized carbons (Fsp3) is 0.588. The fourth-order valence-corrected chi connectivity index (χ4v) is 3.50. The van der Waals surface area contributed by atoms with E-state index in [4.69, 9.17) is 0 Å². The van der Waals surface area contributed by atoms with Crippen LogP contribution < -0.4 is 0 Å². The highest BCUT2D eigenvalue weighted by atomic mass is 19.1. The number of rotatable bonds is 3. The Kier molecular flexibility index (Phi) is 4.46. The first kappa shape index (κ1) is 15.0. The van der Waals surface area contributed by atoms with E-state index < -0.39 is 5.97 Å². The second-order valence-electron chi connectivity index (χ2n) is 6.37. The second kappa shape index (κ2) is 5.94. The Morgan fingerprint density at radius 1 is 1.35 bits per heavy atom. The summed E-state index contributed by atoms with van der Waals surface area (Å²) >= 11 is 0. The summed E-state index contributed by atoms with van der Waals surface area (Å²) in [5.41, 5.74) is 1.87. The molecule has 0 aromatic heterocycles. The maximum Gasteiger partial charge on any atom is 0.307 e. The molecule has 1 aromatic carbocycles. The van der Waals surface area contributed by atoms with Crippen LogP contribution in [0.25, 0.3) is 0 Å². The van der Waals surface area contributed by atoms with E-state index in [9.17, 15) is 14.3 Å². The van der Waals surface area contributed by atoms with Gasteiger partial charge in [0.1, 0.15) is 5.82 Å². The highest BCUT2D eigenvalue weighted by Crippen LogP contribution is 2.44. The third-order valence-corrected chi connectivity index (χ3v) is 4.78. The van der Waals surface area contributed by atoms with Gasteiger partial charge >= 0.3 is 5.97 Å². The quantitative estimate of drug-likeness (QED) is 0.891. The lowest BCUT2D eigenvalue weighted by atomic mass is 9.67. The Labute approximate surface area is 120 Å². The first-order valence-corrected chi connectivity index (χ1v) is 7.39. The Hall–Kier alpha value is -1.38. The highest BCUT2D eigenvalue weighted by molar-refractivity contribution is 5.71. The van der Waals surface area contributed by atoms with Gasteiger partial charge in [0.2, 0.25) is 0 Å². The van der Waals surface area contributed by atoms with Gasteiger partial charge in [-0.2, -0.15) is 0 Å². The van der Waals surface area contributed by atoms with E-state index in [1.54, 1.807) is 6.07 Å². The zero-order valence-corrected chi connectivity index (χ0v) is 12.4. The summed E-state index contributed by atoms with van der Waals surface area (Å²) in [6.07, 6.45) is 2.59. The molecule has 3 heteroatoms. The molecule has 0 amide bonds. The molecule has 1 aromatic rings. The number of halogens is 1. The molecule has 3 atom stereocenters. The normalized spacial score (nSPS) is 26.8. The number of carbonyl (C=O) groups is 1. The second-order valence-corrected chi connectivity index (χ2v) is 6.37. The Morgan fingerprint density at radius 3 is 2.60 bits per heavy atom.